The minimum Gasteiger partial charge on any atom is -0.497 e. The van der Waals surface area contributed by atoms with Crippen molar-refractivity contribution in [2.75, 3.05) is 14.2 Å². The lowest BCUT2D eigenvalue weighted by atomic mass is 9.97. The molecule has 18 heavy (non-hydrogen) atoms. The maximum atomic E-state index is 5.30. The molecule has 100 valence electrons. The minimum absolute atomic E-state index is 0.499. The van der Waals surface area contributed by atoms with Crippen LogP contribution in [0.5, 0.6) is 5.75 Å². The van der Waals surface area contributed by atoms with Gasteiger partial charge in [0.15, 0.2) is 0 Å². The minimum atomic E-state index is 0.499. The van der Waals surface area contributed by atoms with Crippen molar-refractivity contribution >= 4 is 15.9 Å². The summed E-state index contributed by atoms with van der Waals surface area (Å²) in [6, 6.07) is 6.73. The molecule has 0 bridgehead atoms. The van der Waals surface area contributed by atoms with E-state index in [0.29, 0.717) is 11.5 Å². The Morgan fingerprint density at radius 3 is 2.67 bits per heavy atom. The molecule has 1 saturated carbocycles. The highest BCUT2D eigenvalue weighted by molar-refractivity contribution is 9.10. The van der Waals surface area contributed by atoms with Crippen LogP contribution in [0.2, 0.25) is 0 Å². The second-order valence-corrected chi connectivity index (χ2v) is 6.71. The lowest BCUT2D eigenvalue weighted by Gasteiger charge is -2.19. The zero-order chi connectivity index (χ0) is 13.3. The molecule has 1 N–H and O–H groups in total. The number of methoxy groups -OCH3 is 1. The summed E-state index contributed by atoms with van der Waals surface area (Å²) in [4.78, 5) is 0. The van der Waals surface area contributed by atoms with E-state index >= 15 is 0 Å². The van der Waals surface area contributed by atoms with E-state index in [4.69, 9.17) is 4.74 Å². The normalized spacial score (nSPS) is 22.6. The van der Waals surface area contributed by atoms with Crippen LogP contribution in [0.1, 0.15) is 25.8 Å². The fourth-order valence-corrected chi connectivity index (χ4v) is 3.12. The van der Waals surface area contributed by atoms with Crippen molar-refractivity contribution < 1.29 is 4.74 Å². The standard InChI is InChI=1S/C15H22BrNO/c1-15(2)9-12(15)14(17-3)8-10-7-11(18-4)5-6-13(10)16/h5-7,12,14,17H,8-9H2,1-4H3. The molecular formula is C15H22BrNO. The first-order valence-corrected chi connectivity index (χ1v) is 7.27. The van der Waals surface area contributed by atoms with E-state index in [1.54, 1.807) is 7.11 Å². The van der Waals surface area contributed by atoms with Gasteiger partial charge < -0.3 is 10.1 Å². The van der Waals surface area contributed by atoms with Gasteiger partial charge in [0.25, 0.3) is 0 Å². The molecule has 2 rings (SSSR count). The van der Waals surface area contributed by atoms with Crippen molar-refractivity contribution in [3.63, 3.8) is 0 Å². The van der Waals surface area contributed by atoms with Gasteiger partial charge in [-0.15, -0.1) is 0 Å². The zero-order valence-corrected chi connectivity index (χ0v) is 13.2. The van der Waals surface area contributed by atoms with Crippen LogP contribution in [0.25, 0.3) is 0 Å². The van der Waals surface area contributed by atoms with Crippen molar-refractivity contribution in [3.05, 3.63) is 28.2 Å². The summed E-state index contributed by atoms with van der Waals surface area (Å²) in [5, 5.41) is 3.47. The highest BCUT2D eigenvalue weighted by Gasteiger charge is 2.49. The molecule has 1 aliphatic carbocycles. The number of likely N-dealkylation sites (N-methyl/N-ethyl adjacent to an activating group) is 1. The number of benzene rings is 1. The van der Waals surface area contributed by atoms with E-state index in [0.717, 1.165) is 18.1 Å². The molecule has 0 heterocycles. The monoisotopic (exact) mass is 311 g/mol. The SMILES string of the molecule is CNC(Cc1cc(OC)ccc1Br)C1CC1(C)C. The van der Waals surface area contributed by atoms with Crippen LogP contribution in [0.3, 0.4) is 0 Å². The number of hydrogen-bond acceptors (Lipinski definition) is 2. The molecule has 1 aromatic carbocycles. The molecule has 1 aliphatic rings. The molecule has 0 radical (unpaired) electrons. The lowest BCUT2D eigenvalue weighted by molar-refractivity contribution is 0.410. The van der Waals surface area contributed by atoms with Crippen LogP contribution < -0.4 is 10.1 Å². The molecule has 0 aromatic heterocycles. The summed E-state index contributed by atoms with van der Waals surface area (Å²) >= 11 is 3.63. The number of rotatable bonds is 5. The molecule has 2 atom stereocenters. The molecule has 1 aromatic rings. The molecule has 0 amide bonds. The van der Waals surface area contributed by atoms with E-state index in [1.165, 1.54) is 16.5 Å². The molecule has 3 heteroatoms. The highest BCUT2D eigenvalue weighted by atomic mass is 79.9. The number of hydrogen-bond donors (Lipinski definition) is 1. The Morgan fingerprint density at radius 2 is 2.17 bits per heavy atom. The van der Waals surface area contributed by atoms with Gasteiger partial charge in [-0.3, -0.25) is 0 Å². The van der Waals surface area contributed by atoms with Crippen LogP contribution in [0, 0.1) is 11.3 Å². The summed E-state index contributed by atoms with van der Waals surface area (Å²) in [5.74, 6) is 1.71. The Labute approximate surface area is 118 Å². The molecule has 2 nitrogen and oxygen atoms in total. The van der Waals surface area contributed by atoms with Crippen molar-refractivity contribution in [2.45, 2.75) is 32.7 Å². The predicted molar refractivity (Wildman–Crippen MR) is 79.1 cm³/mol. The molecule has 0 aliphatic heterocycles. The number of halogens is 1. The highest BCUT2D eigenvalue weighted by Crippen LogP contribution is 2.54. The molecule has 1 fully saturated rings. The number of nitrogens with one attached hydrogen (secondary N) is 1. The van der Waals surface area contributed by atoms with Crippen molar-refractivity contribution in [2.24, 2.45) is 11.3 Å². The topological polar surface area (TPSA) is 21.3 Å². The van der Waals surface area contributed by atoms with E-state index in [9.17, 15) is 0 Å². The first kappa shape index (κ1) is 13.9. The van der Waals surface area contributed by atoms with Gasteiger partial charge in [-0.1, -0.05) is 29.8 Å². The first-order chi connectivity index (χ1) is 8.47. The van der Waals surface area contributed by atoms with Crippen LogP contribution in [-0.4, -0.2) is 20.2 Å². The van der Waals surface area contributed by atoms with Crippen LogP contribution in [0.4, 0.5) is 0 Å². The molecule has 0 saturated heterocycles. The van der Waals surface area contributed by atoms with Crippen molar-refractivity contribution in [1.82, 2.24) is 5.32 Å². The van der Waals surface area contributed by atoms with Crippen LogP contribution in [0.15, 0.2) is 22.7 Å². The summed E-state index contributed by atoms with van der Waals surface area (Å²) in [5.41, 5.74) is 1.82. The van der Waals surface area contributed by atoms with E-state index in [-0.39, 0.29) is 0 Å². The average Bonchev–Trinajstić information content (AvgIpc) is 2.97. The van der Waals surface area contributed by atoms with Gasteiger partial charge in [-0.2, -0.15) is 0 Å². The van der Waals surface area contributed by atoms with Gasteiger partial charge >= 0.3 is 0 Å². The quantitative estimate of drug-likeness (QED) is 0.896. The Balaban J connectivity index is 2.12. The third kappa shape index (κ3) is 2.89. The fraction of sp³-hybridized carbons (Fsp3) is 0.600. The second-order valence-electron chi connectivity index (χ2n) is 5.86. The summed E-state index contributed by atoms with van der Waals surface area (Å²) in [6.45, 7) is 4.70. The second kappa shape index (κ2) is 5.22. The van der Waals surface area contributed by atoms with Crippen molar-refractivity contribution in [1.29, 1.82) is 0 Å². The van der Waals surface area contributed by atoms with Gasteiger partial charge in [0.1, 0.15) is 5.75 Å². The smallest absolute Gasteiger partial charge is 0.119 e. The summed E-state index contributed by atoms with van der Waals surface area (Å²) < 4.78 is 6.47. The Morgan fingerprint density at radius 1 is 1.50 bits per heavy atom. The molecule has 0 spiro atoms. The van der Waals surface area contributed by atoms with Crippen LogP contribution >= 0.6 is 15.9 Å². The largest absolute Gasteiger partial charge is 0.497 e. The molecule has 2 unspecified atom stereocenters. The Hall–Kier alpha value is -0.540. The molecular weight excluding hydrogens is 290 g/mol. The average molecular weight is 312 g/mol. The zero-order valence-electron chi connectivity index (χ0n) is 11.6. The van der Waals surface area contributed by atoms with Crippen LogP contribution in [-0.2, 0) is 6.42 Å². The maximum absolute atomic E-state index is 5.30. The van der Waals surface area contributed by atoms with Crippen molar-refractivity contribution in [3.8, 4) is 5.75 Å². The fourth-order valence-electron chi connectivity index (χ4n) is 2.71. The third-order valence-electron chi connectivity index (χ3n) is 4.14. The van der Waals surface area contributed by atoms with Gasteiger partial charge in [-0.05, 0) is 55.0 Å². The van der Waals surface area contributed by atoms with Gasteiger partial charge in [0.2, 0.25) is 0 Å². The number of ether oxygens (including phenoxy) is 1. The Kier molecular flexibility index (Phi) is 4.02. The van der Waals surface area contributed by atoms with E-state index in [1.807, 2.05) is 6.07 Å². The van der Waals surface area contributed by atoms with E-state index < -0.39 is 0 Å². The maximum Gasteiger partial charge on any atom is 0.119 e. The van der Waals surface area contributed by atoms with Gasteiger partial charge in [0, 0.05) is 10.5 Å². The summed E-state index contributed by atoms with van der Waals surface area (Å²) in [7, 11) is 3.78. The van der Waals surface area contributed by atoms with Gasteiger partial charge in [0.05, 0.1) is 7.11 Å². The first-order valence-electron chi connectivity index (χ1n) is 6.47. The Bertz CT molecular complexity index is 431. The lowest BCUT2D eigenvalue weighted by Crippen LogP contribution is -2.31. The van der Waals surface area contributed by atoms with E-state index in [2.05, 4.69) is 54.3 Å². The third-order valence-corrected chi connectivity index (χ3v) is 4.91. The predicted octanol–water partition coefficient (Wildman–Crippen LogP) is 3.63. The summed E-state index contributed by atoms with van der Waals surface area (Å²) in [6.07, 6.45) is 2.36. The van der Waals surface area contributed by atoms with Gasteiger partial charge in [-0.25, -0.2) is 0 Å².